The van der Waals surface area contributed by atoms with Gasteiger partial charge in [-0.1, -0.05) is 0 Å². The third-order valence-electron chi connectivity index (χ3n) is 4.46. The molecule has 1 atom stereocenters. The van der Waals surface area contributed by atoms with Crippen molar-refractivity contribution in [3.8, 4) is 11.5 Å². The van der Waals surface area contributed by atoms with Gasteiger partial charge in [0.15, 0.2) is 17.3 Å². The second-order valence-corrected chi connectivity index (χ2v) is 6.98. The number of nitrogens with zero attached hydrogens (tertiary/aromatic N) is 3. The van der Waals surface area contributed by atoms with Gasteiger partial charge in [-0.3, -0.25) is 9.36 Å². The highest BCUT2D eigenvalue weighted by Crippen LogP contribution is 2.25. The fraction of sp³-hybridized carbons (Fsp3) is 0.316. The molecule has 0 radical (unpaired) electrons. The molecule has 9 heteroatoms. The second-order valence-electron chi connectivity index (χ2n) is 6.98. The summed E-state index contributed by atoms with van der Waals surface area (Å²) in [7, 11) is 1.47. The lowest BCUT2D eigenvalue weighted by molar-refractivity contribution is 0.257. The highest BCUT2D eigenvalue weighted by Gasteiger charge is 2.26. The topological polar surface area (TPSA) is 69.0 Å². The third-order valence-corrected chi connectivity index (χ3v) is 4.46. The normalized spacial score (nSPS) is 12.8. The zero-order valence-corrected chi connectivity index (χ0v) is 15.8. The highest BCUT2D eigenvalue weighted by molar-refractivity contribution is 5.76. The maximum absolute atomic E-state index is 13.8. The van der Waals surface area contributed by atoms with Gasteiger partial charge >= 0.3 is 0 Å². The molecule has 3 rings (SSSR count). The molecule has 1 aromatic carbocycles. The monoisotopic (exact) mass is 392 g/mol. The molecule has 0 amide bonds. The molecule has 0 saturated carbocycles. The first-order valence-electron chi connectivity index (χ1n) is 8.50. The standard InChI is InChI=1S/C19H19F3N4O2/c1-10(20)19(2,3)25-18-23-9-11-7-15(17(27)26(4)16(11)24-18)28-14-6-5-12(21)8-13(14)22/h5-10H,1-4H3,(H,23,24,25). The molecule has 28 heavy (non-hydrogen) atoms. The van der Waals surface area contributed by atoms with Crippen LogP contribution in [0.3, 0.4) is 0 Å². The van der Waals surface area contributed by atoms with Crippen LogP contribution in [0.1, 0.15) is 20.8 Å². The Labute approximate surface area is 159 Å². The first kappa shape index (κ1) is 19.7. The lowest BCUT2D eigenvalue weighted by Gasteiger charge is -2.27. The van der Waals surface area contributed by atoms with Gasteiger partial charge in [0.1, 0.15) is 17.6 Å². The minimum Gasteiger partial charge on any atom is -0.448 e. The van der Waals surface area contributed by atoms with E-state index in [4.69, 9.17) is 4.74 Å². The summed E-state index contributed by atoms with van der Waals surface area (Å²) in [5.41, 5.74) is -1.19. The van der Waals surface area contributed by atoms with Gasteiger partial charge in [0.25, 0.3) is 5.56 Å². The van der Waals surface area contributed by atoms with Crippen LogP contribution in [-0.4, -0.2) is 26.2 Å². The number of pyridine rings is 1. The lowest BCUT2D eigenvalue weighted by atomic mass is 10.0. The van der Waals surface area contributed by atoms with Gasteiger partial charge in [0.05, 0.1) is 5.54 Å². The molecule has 0 bridgehead atoms. The number of hydrogen-bond acceptors (Lipinski definition) is 5. The Morgan fingerprint density at radius 1 is 1.21 bits per heavy atom. The average Bonchev–Trinajstić information content (AvgIpc) is 2.61. The fourth-order valence-electron chi connectivity index (χ4n) is 2.41. The molecule has 2 aromatic heterocycles. The van der Waals surface area contributed by atoms with Crippen LogP contribution in [0.25, 0.3) is 11.0 Å². The van der Waals surface area contributed by atoms with E-state index in [1.165, 1.54) is 30.8 Å². The maximum Gasteiger partial charge on any atom is 0.294 e. The number of benzene rings is 1. The van der Waals surface area contributed by atoms with Crippen molar-refractivity contribution in [3.05, 3.63) is 52.5 Å². The Hall–Kier alpha value is -3.10. The number of anilines is 1. The van der Waals surface area contributed by atoms with Crippen molar-refractivity contribution in [2.24, 2.45) is 7.05 Å². The van der Waals surface area contributed by atoms with E-state index in [0.29, 0.717) is 11.5 Å². The quantitative estimate of drug-likeness (QED) is 0.712. The average molecular weight is 392 g/mol. The van der Waals surface area contributed by atoms with Crippen molar-refractivity contribution in [3.63, 3.8) is 0 Å². The van der Waals surface area contributed by atoms with Crippen LogP contribution in [0.2, 0.25) is 0 Å². The molecule has 0 saturated heterocycles. The largest absolute Gasteiger partial charge is 0.448 e. The number of nitrogens with one attached hydrogen (secondary N) is 1. The summed E-state index contributed by atoms with van der Waals surface area (Å²) in [5, 5.41) is 3.35. The summed E-state index contributed by atoms with van der Waals surface area (Å²) in [4.78, 5) is 21.0. The van der Waals surface area contributed by atoms with E-state index in [2.05, 4.69) is 15.3 Å². The van der Waals surface area contributed by atoms with Crippen molar-refractivity contribution < 1.29 is 17.9 Å². The van der Waals surface area contributed by atoms with Crippen LogP contribution in [0.15, 0.2) is 35.3 Å². The number of alkyl halides is 1. The van der Waals surface area contributed by atoms with Gasteiger partial charge in [0, 0.05) is 24.7 Å². The first-order valence-corrected chi connectivity index (χ1v) is 8.50. The molecule has 6 nitrogen and oxygen atoms in total. The van der Waals surface area contributed by atoms with Gasteiger partial charge in [-0.25, -0.2) is 18.2 Å². The zero-order chi connectivity index (χ0) is 20.6. The first-order chi connectivity index (χ1) is 13.1. The predicted molar refractivity (Wildman–Crippen MR) is 99.5 cm³/mol. The Bertz CT molecular complexity index is 1100. The zero-order valence-electron chi connectivity index (χ0n) is 15.8. The molecule has 0 spiro atoms. The minimum atomic E-state index is -1.17. The SMILES string of the molecule is CC(F)C(C)(C)Nc1ncc2cc(Oc3ccc(F)cc3F)c(=O)n(C)c2n1. The number of hydrogen-bond donors (Lipinski definition) is 1. The number of aromatic nitrogens is 3. The van der Waals surface area contributed by atoms with E-state index < -0.39 is 28.9 Å². The van der Waals surface area contributed by atoms with Gasteiger partial charge in [-0.05, 0) is 39.0 Å². The van der Waals surface area contributed by atoms with Crippen LogP contribution >= 0.6 is 0 Å². The molecular weight excluding hydrogens is 373 g/mol. The van der Waals surface area contributed by atoms with Crippen molar-refractivity contribution in [2.45, 2.75) is 32.5 Å². The van der Waals surface area contributed by atoms with Crippen LogP contribution in [0.4, 0.5) is 19.1 Å². The maximum atomic E-state index is 13.8. The van der Waals surface area contributed by atoms with Gasteiger partial charge < -0.3 is 10.1 Å². The van der Waals surface area contributed by atoms with E-state index in [-0.39, 0.29) is 23.1 Å². The Kier molecular flexibility index (Phi) is 5.01. The van der Waals surface area contributed by atoms with Crippen LogP contribution in [0, 0.1) is 11.6 Å². The number of aryl methyl sites for hydroxylation is 1. The van der Waals surface area contributed by atoms with Gasteiger partial charge in [-0.15, -0.1) is 0 Å². The number of halogens is 3. The van der Waals surface area contributed by atoms with E-state index in [0.717, 1.165) is 12.1 Å². The minimum absolute atomic E-state index is 0.162. The predicted octanol–water partition coefficient (Wildman–Crippen LogP) is 3.95. The number of rotatable bonds is 5. The van der Waals surface area contributed by atoms with Crippen molar-refractivity contribution in [1.82, 2.24) is 14.5 Å². The molecule has 0 fully saturated rings. The molecule has 0 aliphatic rings. The van der Waals surface area contributed by atoms with Crippen molar-refractivity contribution in [1.29, 1.82) is 0 Å². The lowest BCUT2D eigenvalue weighted by Crippen LogP contribution is -2.40. The smallest absolute Gasteiger partial charge is 0.294 e. The van der Waals surface area contributed by atoms with Crippen molar-refractivity contribution in [2.75, 3.05) is 5.32 Å². The fourth-order valence-corrected chi connectivity index (χ4v) is 2.41. The Morgan fingerprint density at radius 2 is 1.93 bits per heavy atom. The van der Waals surface area contributed by atoms with Crippen LogP contribution in [0.5, 0.6) is 11.5 Å². The molecule has 3 aromatic rings. The molecule has 0 aliphatic heterocycles. The van der Waals surface area contributed by atoms with Gasteiger partial charge in [0.2, 0.25) is 5.95 Å². The summed E-state index contributed by atoms with van der Waals surface area (Å²) < 4.78 is 47.1. The molecule has 2 heterocycles. The summed E-state index contributed by atoms with van der Waals surface area (Å²) in [6.45, 7) is 4.75. The number of fused-ring (bicyclic) bond motifs is 1. The van der Waals surface area contributed by atoms with E-state index in [1.807, 2.05) is 0 Å². The summed E-state index contributed by atoms with van der Waals surface area (Å²) in [5.74, 6) is -1.97. The number of ether oxygens (including phenoxy) is 1. The van der Waals surface area contributed by atoms with E-state index in [1.54, 1.807) is 13.8 Å². The molecular formula is C19H19F3N4O2. The summed E-state index contributed by atoms with van der Waals surface area (Å²) >= 11 is 0. The van der Waals surface area contributed by atoms with Crippen molar-refractivity contribution >= 4 is 17.0 Å². The van der Waals surface area contributed by atoms with Gasteiger partial charge in [-0.2, -0.15) is 4.98 Å². The summed E-state index contributed by atoms with van der Waals surface area (Å²) in [6.07, 6.45) is 0.272. The molecule has 1 unspecified atom stereocenters. The molecule has 1 N–H and O–H groups in total. The summed E-state index contributed by atoms with van der Waals surface area (Å²) in [6, 6.07) is 4.15. The third kappa shape index (κ3) is 3.78. The second kappa shape index (κ2) is 7.14. The highest BCUT2D eigenvalue weighted by atomic mass is 19.1. The molecule has 148 valence electrons. The Balaban J connectivity index is 2.01. The van der Waals surface area contributed by atoms with Crippen LogP contribution in [-0.2, 0) is 7.05 Å². The van der Waals surface area contributed by atoms with E-state index >= 15 is 0 Å². The Morgan fingerprint density at radius 3 is 2.57 bits per heavy atom. The van der Waals surface area contributed by atoms with E-state index in [9.17, 15) is 18.0 Å². The molecule has 0 aliphatic carbocycles. The van der Waals surface area contributed by atoms with Crippen LogP contribution < -0.4 is 15.6 Å².